The van der Waals surface area contributed by atoms with Crippen LogP contribution in [0.1, 0.15) is 24.0 Å². The second kappa shape index (κ2) is 4.63. The highest BCUT2D eigenvalue weighted by atomic mass is 16.1. The van der Waals surface area contributed by atoms with Crippen LogP contribution in [0.4, 0.5) is 5.69 Å². The lowest BCUT2D eigenvalue weighted by Gasteiger charge is -2.16. The fourth-order valence-electron chi connectivity index (χ4n) is 1.66. The van der Waals surface area contributed by atoms with E-state index in [4.69, 9.17) is 0 Å². The summed E-state index contributed by atoms with van der Waals surface area (Å²) in [6, 6.07) is 5.67. The van der Waals surface area contributed by atoms with Crippen molar-refractivity contribution in [3.05, 3.63) is 29.3 Å². The van der Waals surface area contributed by atoms with E-state index in [1.807, 2.05) is 18.2 Å². The van der Waals surface area contributed by atoms with Crippen molar-refractivity contribution in [2.24, 2.45) is 0 Å². The Morgan fingerprint density at radius 1 is 1.38 bits per heavy atom. The van der Waals surface area contributed by atoms with Crippen LogP contribution in [0.25, 0.3) is 0 Å². The molecule has 0 fully saturated rings. The third-order valence-electron chi connectivity index (χ3n) is 2.42. The molecule has 1 aliphatic rings. The number of amides is 1. The fourth-order valence-corrected chi connectivity index (χ4v) is 1.66. The van der Waals surface area contributed by atoms with Gasteiger partial charge in [-0.15, -0.1) is 0 Å². The van der Waals surface area contributed by atoms with Crippen LogP contribution in [0.5, 0.6) is 0 Å². The number of rotatable bonds is 1. The highest BCUT2D eigenvalue weighted by Crippen LogP contribution is 2.23. The van der Waals surface area contributed by atoms with Crippen LogP contribution >= 0.6 is 0 Å². The lowest BCUT2D eigenvalue weighted by molar-refractivity contribution is -0.116. The zero-order valence-corrected chi connectivity index (χ0v) is 8.75. The predicted octanol–water partition coefficient (Wildman–Crippen LogP) is 1.51. The summed E-state index contributed by atoms with van der Waals surface area (Å²) in [5.74, 6) is 5.74. The van der Waals surface area contributed by atoms with Crippen molar-refractivity contribution in [3.8, 4) is 11.8 Å². The van der Waals surface area contributed by atoms with Gasteiger partial charge in [-0.1, -0.05) is 11.8 Å². The maximum Gasteiger partial charge on any atom is 0.224 e. The van der Waals surface area contributed by atoms with Crippen LogP contribution in [-0.2, 0) is 16.0 Å². The molecule has 1 aliphatic heterocycles. The Balaban J connectivity index is 2.23. The molecule has 1 amide bonds. The third kappa shape index (κ3) is 2.29. The van der Waals surface area contributed by atoms with Gasteiger partial charge in [0, 0.05) is 17.7 Å². The molecule has 80 valence electrons. The molecule has 0 spiro atoms. The number of hydrogen-bond acceptors (Lipinski definition) is 2. The van der Waals surface area contributed by atoms with E-state index in [1.54, 1.807) is 0 Å². The van der Waals surface area contributed by atoms with Crippen molar-refractivity contribution >= 4 is 17.9 Å². The van der Waals surface area contributed by atoms with Crippen molar-refractivity contribution in [1.82, 2.24) is 0 Å². The molecule has 0 aliphatic carbocycles. The SMILES string of the molecule is O=CCC#Cc1ccc2c(c1)CCC(=O)N2. The largest absolute Gasteiger partial charge is 0.326 e. The summed E-state index contributed by atoms with van der Waals surface area (Å²) in [6.07, 6.45) is 2.32. The van der Waals surface area contributed by atoms with Gasteiger partial charge in [-0.3, -0.25) is 4.79 Å². The Morgan fingerprint density at radius 3 is 3.06 bits per heavy atom. The van der Waals surface area contributed by atoms with Gasteiger partial charge < -0.3 is 10.1 Å². The van der Waals surface area contributed by atoms with Crippen molar-refractivity contribution in [2.75, 3.05) is 5.32 Å². The number of carbonyl (C=O) groups excluding carboxylic acids is 2. The maximum absolute atomic E-state index is 11.1. The fraction of sp³-hybridized carbons (Fsp3) is 0.231. The molecular formula is C13H11NO2. The molecule has 3 heteroatoms. The Labute approximate surface area is 93.9 Å². The lowest BCUT2D eigenvalue weighted by Crippen LogP contribution is -2.18. The summed E-state index contributed by atoms with van der Waals surface area (Å²) in [6.45, 7) is 0. The lowest BCUT2D eigenvalue weighted by atomic mass is 10.0. The molecule has 1 N–H and O–H groups in total. The topological polar surface area (TPSA) is 46.2 Å². The van der Waals surface area contributed by atoms with Gasteiger partial charge in [0.15, 0.2) is 0 Å². The van der Waals surface area contributed by atoms with Crippen LogP contribution in [0, 0.1) is 11.8 Å². The summed E-state index contributed by atoms with van der Waals surface area (Å²) >= 11 is 0. The first kappa shape index (κ1) is 10.4. The van der Waals surface area contributed by atoms with E-state index >= 15 is 0 Å². The zero-order chi connectivity index (χ0) is 11.4. The van der Waals surface area contributed by atoms with Gasteiger partial charge in [0.05, 0.1) is 6.42 Å². The molecule has 2 rings (SSSR count). The molecule has 0 aromatic heterocycles. The molecule has 0 bridgehead atoms. The van der Waals surface area contributed by atoms with Crippen molar-refractivity contribution in [2.45, 2.75) is 19.3 Å². The van der Waals surface area contributed by atoms with Crippen molar-refractivity contribution in [3.63, 3.8) is 0 Å². The van der Waals surface area contributed by atoms with Gasteiger partial charge in [-0.2, -0.15) is 0 Å². The molecule has 1 aromatic rings. The molecule has 16 heavy (non-hydrogen) atoms. The van der Waals surface area contributed by atoms with E-state index < -0.39 is 0 Å². The number of hydrogen-bond donors (Lipinski definition) is 1. The summed E-state index contributed by atoms with van der Waals surface area (Å²) in [5.41, 5.74) is 2.87. The molecule has 0 radical (unpaired) electrons. The molecule has 0 unspecified atom stereocenters. The van der Waals surface area contributed by atoms with Crippen molar-refractivity contribution in [1.29, 1.82) is 0 Å². The number of aryl methyl sites for hydroxylation is 1. The smallest absolute Gasteiger partial charge is 0.224 e. The second-order valence-electron chi connectivity index (χ2n) is 3.59. The Kier molecular flexibility index (Phi) is 3.02. The van der Waals surface area contributed by atoms with Gasteiger partial charge >= 0.3 is 0 Å². The molecule has 0 atom stereocenters. The summed E-state index contributed by atoms with van der Waals surface area (Å²) < 4.78 is 0. The minimum Gasteiger partial charge on any atom is -0.326 e. The van der Waals surface area contributed by atoms with Gasteiger partial charge in [0.1, 0.15) is 6.29 Å². The minimum atomic E-state index is 0.0623. The van der Waals surface area contributed by atoms with E-state index in [9.17, 15) is 9.59 Å². The number of benzene rings is 1. The zero-order valence-electron chi connectivity index (χ0n) is 8.75. The third-order valence-corrected chi connectivity index (χ3v) is 2.42. The van der Waals surface area contributed by atoms with Crippen LogP contribution in [0.15, 0.2) is 18.2 Å². The van der Waals surface area contributed by atoms with E-state index in [-0.39, 0.29) is 12.3 Å². The average molecular weight is 213 g/mol. The summed E-state index contributed by atoms with van der Waals surface area (Å²) in [5, 5.41) is 2.81. The second-order valence-corrected chi connectivity index (χ2v) is 3.59. The summed E-state index contributed by atoms with van der Waals surface area (Å²) in [7, 11) is 0. The van der Waals surface area contributed by atoms with E-state index in [1.165, 1.54) is 0 Å². The molecule has 1 heterocycles. The quantitative estimate of drug-likeness (QED) is 0.567. The number of nitrogens with one attached hydrogen (secondary N) is 1. The molecule has 1 aromatic carbocycles. The standard InChI is InChI=1S/C13H11NO2/c15-8-2-1-3-10-4-6-12-11(9-10)5-7-13(16)14-12/h4,6,8-9H,2,5,7H2,(H,14,16). The highest BCUT2D eigenvalue weighted by Gasteiger charge is 2.13. The van der Waals surface area contributed by atoms with E-state index in [2.05, 4.69) is 17.2 Å². The Hall–Kier alpha value is -2.08. The highest BCUT2D eigenvalue weighted by molar-refractivity contribution is 5.93. The minimum absolute atomic E-state index is 0.0623. The van der Waals surface area contributed by atoms with Crippen LogP contribution in [0.3, 0.4) is 0 Å². The Bertz CT molecular complexity index is 494. The molecule has 0 saturated carbocycles. The number of fused-ring (bicyclic) bond motifs is 1. The van der Waals surface area contributed by atoms with Crippen LogP contribution < -0.4 is 5.32 Å². The first-order chi connectivity index (χ1) is 7.79. The monoisotopic (exact) mass is 213 g/mol. The first-order valence-electron chi connectivity index (χ1n) is 5.15. The van der Waals surface area contributed by atoms with Crippen LogP contribution in [-0.4, -0.2) is 12.2 Å². The molecular weight excluding hydrogens is 202 g/mol. The normalized spacial score (nSPS) is 13.1. The maximum atomic E-state index is 11.1. The van der Waals surface area contributed by atoms with Gasteiger partial charge in [0.2, 0.25) is 5.91 Å². The number of anilines is 1. The first-order valence-corrected chi connectivity index (χ1v) is 5.15. The van der Waals surface area contributed by atoms with Gasteiger partial charge in [-0.25, -0.2) is 0 Å². The molecule has 0 saturated heterocycles. The van der Waals surface area contributed by atoms with E-state index in [0.717, 1.165) is 29.5 Å². The van der Waals surface area contributed by atoms with Crippen molar-refractivity contribution < 1.29 is 9.59 Å². The average Bonchev–Trinajstić information content (AvgIpc) is 2.29. The predicted molar refractivity (Wildman–Crippen MR) is 61.0 cm³/mol. The number of carbonyl (C=O) groups is 2. The van der Waals surface area contributed by atoms with Crippen LogP contribution in [0.2, 0.25) is 0 Å². The molecule has 3 nitrogen and oxygen atoms in total. The van der Waals surface area contributed by atoms with E-state index in [0.29, 0.717) is 6.42 Å². The summed E-state index contributed by atoms with van der Waals surface area (Å²) in [4.78, 5) is 21.3. The number of aldehydes is 1. The van der Waals surface area contributed by atoms with Gasteiger partial charge in [-0.05, 0) is 30.2 Å². The van der Waals surface area contributed by atoms with Gasteiger partial charge in [0.25, 0.3) is 0 Å². The Morgan fingerprint density at radius 2 is 2.25 bits per heavy atom.